The number of benzene rings is 2. The van der Waals surface area contributed by atoms with E-state index in [2.05, 4.69) is 43.1 Å². The van der Waals surface area contributed by atoms with Gasteiger partial charge in [-0.3, -0.25) is 9.89 Å². The highest BCUT2D eigenvalue weighted by atomic mass is 35.5. The Bertz CT molecular complexity index is 1070. The van der Waals surface area contributed by atoms with Crippen molar-refractivity contribution in [2.45, 2.75) is 52.5 Å². The highest BCUT2D eigenvalue weighted by molar-refractivity contribution is 6.30. The Morgan fingerprint density at radius 3 is 2.48 bits per heavy atom. The maximum Gasteiger partial charge on any atom is 0.273 e. The summed E-state index contributed by atoms with van der Waals surface area (Å²) in [7, 11) is 0. The summed E-state index contributed by atoms with van der Waals surface area (Å²) in [6.07, 6.45) is 4.20. The van der Waals surface area contributed by atoms with E-state index in [1.807, 2.05) is 41.3 Å². The molecule has 0 fully saturated rings. The fourth-order valence-electron chi connectivity index (χ4n) is 4.29. The van der Waals surface area contributed by atoms with E-state index in [1.165, 1.54) is 0 Å². The van der Waals surface area contributed by atoms with E-state index in [9.17, 15) is 4.79 Å². The zero-order valence-electron chi connectivity index (χ0n) is 19.6. The number of amides is 1. The van der Waals surface area contributed by atoms with Crippen LogP contribution < -0.4 is 4.74 Å². The molecule has 0 spiro atoms. The van der Waals surface area contributed by atoms with Gasteiger partial charge in [0, 0.05) is 22.7 Å². The first-order valence-electron chi connectivity index (χ1n) is 11.9. The third kappa shape index (κ3) is 5.09. The van der Waals surface area contributed by atoms with Crippen molar-refractivity contribution in [1.82, 2.24) is 15.1 Å². The average Bonchev–Trinajstić information content (AvgIpc) is 3.34. The second-order valence-corrected chi connectivity index (χ2v) is 9.51. The Kier molecular flexibility index (Phi) is 7.39. The summed E-state index contributed by atoms with van der Waals surface area (Å²) in [5, 5.41) is 8.22. The molecule has 1 aromatic heterocycles. The molecule has 2 heterocycles. The lowest BCUT2D eigenvalue weighted by molar-refractivity contribution is 0.0740. The first-order valence-corrected chi connectivity index (χ1v) is 12.2. The Balaban J connectivity index is 1.67. The Morgan fingerprint density at radius 2 is 1.82 bits per heavy atom. The van der Waals surface area contributed by atoms with Crippen LogP contribution in [0.1, 0.15) is 74.1 Å². The normalized spacial score (nSPS) is 15.4. The van der Waals surface area contributed by atoms with Crippen molar-refractivity contribution in [2.75, 3.05) is 13.2 Å². The van der Waals surface area contributed by atoms with Gasteiger partial charge in [-0.05, 0) is 48.6 Å². The van der Waals surface area contributed by atoms with Crippen molar-refractivity contribution < 1.29 is 9.53 Å². The minimum Gasteiger partial charge on any atom is -0.494 e. The number of unbranched alkanes of at least 4 members (excludes halogenated alkanes) is 2. The Labute approximate surface area is 201 Å². The van der Waals surface area contributed by atoms with E-state index < -0.39 is 0 Å². The number of hydrogen-bond donors (Lipinski definition) is 1. The molecule has 1 atom stereocenters. The van der Waals surface area contributed by atoms with E-state index in [0.717, 1.165) is 53.8 Å². The van der Waals surface area contributed by atoms with E-state index in [4.69, 9.17) is 16.3 Å². The maximum absolute atomic E-state index is 13.4. The number of H-pyrrole nitrogens is 1. The van der Waals surface area contributed by atoms with Crippen LogP contribution in [-0.2, 0) is 0 Å². The summed E-state index contributed by atoms with van der Waals surface area (Å²) >= 11 is 6.10. The van der Waals surface area contributed by atoms with Gasteiger partial charge < -0.3 is 9.64 Å². The monoisotopic (exact) mass is 465 g/mol. The van der Waals surface area contributed by atoms with E-state index >= 15 is 0 Å². The molecular weight excluding hydrogens is 434 g/mol. The molecule has 0 aliphatic carbocycles. The van der Waals surface area contributed by atoms with Crippen LogP contribution in [-0.4, -0.2) is 34.2 Å². The van der Waals surface area contributed by atoms with Crippen LogP contribution in [0.3, 0.4) is 0 Å². The van der Waals surface area contributed by atoms with Crippen LogP contribution in [0.2, 0.25) is 5.02 Å². The number of halogens is 1. The van der Waals surface area contributed by atoms with Crippen molar-refractivity contribution in [3.63, 3.8) is 0 Å². The largest absolute Gasteiger partial charge is 0.494 e. The fourth-order valence-corrected chi connectivity index (χ4v) is 4.42. The summed E-state index contributed by atoms with van der Waals surface area (Å²) in [6.45, 7) is 7.97. The predicted octanol–water partition coefficient (Wildman–Crippen LogP) is 6.89. The lowest BCUT2D eigenvalue weighted by Crippen LogP contribution is -2.30. The first kappa shape index (κ1) is 23.4. The summed E-state index contributed by atoms with van der Waals surface area (Å²) in [4.78, 5) is 15.3. The van der Waals surface area contributed by atoms with Crippen LogP contribution in [0, 0.1) is 5.92 Å². The van der Waals surface area contributed by atoms with Crippen molar-refractivity contribution in [3.8, 4) is 17.0 Å². The van der Waals surface area contributed by atoms with E-state index in [1.54, 1.807) is 0 Å². The van der Waals surface area contributed by atoms with E-state index in [-0.39, 0.29) is 11.9 Å². The third-order valence-electron chi connectivity index (χ3n) is 6.14. The van der Waals surface area contributed by atoms with Gasteiger partial charge in [0.25, 0.3) is 5.91 Å². The molecule has 6 heteroatoms. The number of carbonyl (C=O) groups excluding carboxylic acids is 1. The molecule has 0 saturated heterocycles. The molecule has 3 aromatic rings. The quantitative estimate of drug-likeness (QED) is 0.331. The van der Waals surface area contributed by atoms with E-state index in [0.29, 0.717) is 29.8 Å². The van der Waals surface area contributed by atoms with Crippen molar-refractivity contribution in [2.24, 2.45) is 5.92 Å². The lowest BCUT2D eigenvalue weighted by Gasteiger charge is -2.26. The number of carbonyl (C=O) groups is 1. The number of hydrogen-bond acceptors (Lipinski definition) is 3. The number of ether oxygens (including phenoxy) is 1. The van der Waals surface area contributed by atoms with Crippen LogP contribution in [0.25, 0.3) is 11.3 Å². The van der Waals surface area contributed by atoms with Gasteiger partial charge in [0.05, 0.1) is 18.3 Å². The molecule has 0 bridgehead atoms. The molecule has 1 amide bonds. The van der Waals surface area contributed by atoms with Gasteiger partial charge in [-0.15, -0.1) is 0 Å². The molecular formula is C27H32ClN3O2. The van der Waals surface area contributed by atoms with Crippen molar-refractivity contribution in [3.05, 3.63) is 70.4 Å². The number of aromatic nitrogens is 2. The summed E-state index contributed by atoms with van der Waals surface area (Å²) in [6, 6.07) is 15.6. The molecule has 1 aliphatic rings. The molecule has 0 saturated carbocycles. The zero-order valence-corrected chi connectivity index (χ0v) is 20.4. The molecule has 2 aromatic carbocycles. The van der Waals surface area contributed by atoms with Crippen LogP contribution in [0.15, 0.2) is 48.5 Å². The SMILES string of the molecule is CCCCCN1C(=O)c2[nH]nc(-c3ccc(Cl)cc3)c2C1c1ccc(OCCC(C)C)cc1. The fraction of sp³-hybridized carbons (Fsp3) is 0.407. The summed E-state index contributed by atoms with van der Waals surface area (Å²) < 4.78 is 5.91. The van der Waals surface area contributed by atoms with Gasteiger partial charge in [-0.2, -0.15) is 5.10 Å². The van der Waals surface area contributed by atoms with Crippen molar-refractivity contribution in [1.29, 1.82) is 0 Å². The van der Waals surface area contributed by atoms with Gasteiger partial charge in [0.15, 0.2) is 0 Å². The second-order valence-electron chi connectivity index (χ2n) is 9.08. The van der Waals surface area contributed by atoms with Crippen LogP contribution in [0.5, 0.6) is 5.75 Å². The third-order valence-corrected chi connectivity index (χ3v) is 6.40. The Morgan fingerprint density at radius 1 is 1.09 bits per heavy atom. The average molecular weight is 466 g/mol. The highest BCUT2D eigenvalue weighted by Crippen LogP contribution is 2.43. The number of rotatable bonds is 10. The maximum atomic E-state index is 13.4. The molecule has 1 N–H and O–H groups in total. The standard InChI is InChI=1S/C27H32ClN3O2/c1-4-5-6-16-31-26(20-9-13-22(14-10-20)33-17-15-18(2)3)23-24(29-30-25(23)27(31)32)19-7-11-21(28)12-8-19/h7-14,18,26H,4-6,15-17H2,1-3H3,(H,29,30). The van der Waals surface area contributed by atoms with Gasteiger partial charge in [-0.1, -0.05) is 69.5 Å². The molecule has 174 valence electrons. The minimum absolute atomic E-state index is 0.0103. The Hall–Kier alpha value is -2.79. The summed E-state index contributed by atoms with van der Waals surface area (Å²) in [5.41, 5.74) is 4.33. The topological polar surface area (TPSA) is 58.2 Å². The molecule has 1 aliphatic heterocycles. The first-order chi connectivity index (χ1) is 16.0. The smallest absolute Gasteiger partial charge is 0.273 e. The molecule has 4 rings (SSSR count). The highest BCUT2D eigenvalue weighted by Gasteiger charge is 2.41. The predicted molar refractivity (Wildman–Crippen MR) is 133 cm³/mol. The van der Waals surface area contributed by atoms with Gasteiger partial charge in [-0.25, -0.2) is 0 Å². The zero-order chi connectivity index (χ0) is 23.4. The lowest BCUT2D eigenvalue weighted by atomic mass is 9.96. The minimum atomic E-state index is -0.182. The second kappa shape index (κ2) is 10.4. The van der Waals surface area contributed by atoms with Gasteiger partial charge >= 0.3 is 0 Å². The molecule has 0 radical (unpaired) electrons. The van der Waals surface area contributed by atoms with Crippen LogP contribution in [0.4, 0.5) is 0 Å². The number of nitrogens with one attached hydrogen (secondary N) is 1. The number of aromatic amines is 1. The molecule has 1 unspecified atom stereocenters. The van der Waals surface area contributed by atoms with Gasteiger partial charge in [0.2, 0.25) is 0 Å². The summed E-state index contributed by atoms with van der Waals surface area (Å²) in [5.74, 6) is 1.47. The van der Waals surface area contributed by atoms with Crippen molar-refractivity contribution >= 4 is 17.5 Å². The van der Waals surface area contributed by atoms with Crippen LogP contribution >= 0.6 is 11.6 Å². The number of nitrogens with zero attached hydrogens (tertiary/aromatic N) is 2. The number of fused-ring (bicyclic) bond motifs is 1. The van der Waals surface area contributed by atoms with Gasteiger partial charge in [0.1, 0.15) is 11.4 Å². The molecule has 33 heavy (non-hydrogen) atoms. The molecule has 5 nitrogen and oxygen atoms in total.